The summed E-state index contributed by atoms with van der Waals surface area (Å²) in [5.74, 6) is 2.23. The number of likely N-dealkylation sites (tertiary alicyclic amines) is 2. The molecule has 0 spiro atoms. The molecule has 5 rings (SSSR count). The molecule has 29 heavy (non-hydrogen) atoms. The van der Waals surface area contributed by atoms with E-state index in [-0.39, 0.29) is 5.91 Å². The van der Waals surface area contributed by atoms with E-state index in [0.717, 1.165) is 69.2 Å². The SMILES string of the molecule is CC(=O)N1CCCC1CN1CCC(c2nnc3ccc(-n4cccn4)nn23)CC1. The van der Waals surface area contributed by atoms with Crippen LogP contribution in [0.15, 0.2) is 30.6 Å². The Hall–Kier alpha value is -2.81. The molecule has 3 aromatic heterocycles. The van der Waals surface area contributed by atoms with Gasteiger partial charge in [0.05, 0.1) is 0 Å². The molecule has 9 nitrogen and oxygen atoms in total. The summed E-state index contributed by atoms with van der Waals surface area (Å²) in [7, 11) is 0. The van der Waals surface area contributed by atoms with Crippen LogP contribution in [0.3, 0.4) is 0 Å². The van der Waals surface area contributed by atoms with E-state index >= 15 is 0 Å². The Kier molecular flexibility index (Phi) is 4.75. The lowest BCUT2D eigenvalue weighted by Gasteiger charge is -2.35. The zero-order valence-corrected chi connectivity index (χ0v) is 16.7. The van der Waals surface area contributed by atoms with E-state index in [9.17, 15) is 4.79 Å². The molecule has 9 heteroatoms. The summed E-state index contributed by atoms with van der Waals surface area (Å²) in [6, 6.07) is 6.10. The highest BCUT2D eigenvalue weighted by molar-refractivity contribution is 5.73. The van der Waals surface area contributed by atoms with Crippen molar-refractivity contribution in [1.29, 1.82) is 0 Å². The lowest BCUT2D eigenvalue weighted by atomic mass is 9.95. The number of rotatable bonds is 4. The maximum Gasteiger partial charge on any atom is 0.219 e. The van der Waals surface area contributed by atoms with Crippen LogP contribution in [0.2, 0.25) is 0 Å². The van der Waals surface area contributed by atoms with Gasteiger partial charge in [0.2, 0.25) is 5.91 Å². The topological polar surface area (TPSA) is 84.5 Å². The van der Waals surface area contributed by atoms with E-state index in [1.54, 1.807) is 17.8 Å². The number of carbonyl (C=O) groups excluding carboxylic acids is 1. The zero-order valence-electron chi connectivity index (χ0n) is 16.7. The molecule has 1 amide bonds. The van der Waals surface area contributed by atoms with Crippen LogP contribution in [0.1, 0.15) is 44.3 Å². The fraction of sp³-hybridized carbons (Fsp3) is 0.550. The number of piperidine rings is 1. The van der Waals surface area contributed by atoms with Gasteiger partial charge in [-0.2, -0.15) is 9.61 Å². The van der Waals surface area contributed by atoms with Gasteiger partial charge in [-0.25, -0.2) is 4.68 Å². The van der Waals surface area contributed by atoms with Crippen LogP contribution in [0.5, 0.6) is 0 Å². The third kappa shape index (κ3) is 3.50. The highest BCUT2D eigenvalue weighted by Gasteiger charge is 2.31. The van der Waals surface area contributed by atoms with Crippen molar-refractivity contribution >= 4 is 11.6 Å². The van der Waals surface area contributed by atoms with Crippen molar-refractivity contribution in [2.45, 2.75) is 44.6 Å². The van der Waals surface area contributed by atoms with E-state index in [1.807, 2.05) is 33.8 Å². The molecule has 0 saturated carbocycles. The number of hydrogen-bond donors (Lipinski definition) is 0. The largest absolute Gasteiger partial charge is 0.339 e. The fourth-order valence-electron chi connectivity index (χ4n) is 4.69. The lowest BCUT2D eigenvalue weighted by Crippen LogP contribution is -2.44. The first kappa shape index (κ1) is 18.2. The van der Waals surface area contributed by atoms with Gasteiger partial charge in [0.1, 0.15) is 0 Å². The molecule has 2 fully saturated rings. The number of fused-ring (bicyclic) bond motifs is 1. The molecular weight excluding hydrogens is 368 g/mol. The molecule has 3 aromatic rings. The van der Waals surface area contributed by atoms with Gasteiger partial charge in [-0.3, -0.25) is 4.79 Å². The normalized spacial score (nSPS) is 21.3. The summed E-state index contributed by atoms with van der Waals surface area (Å²) in [4.78, 5) is 16.4. The molecule has 2 saturated heterocycles. The van der Waals surface area contributed by atoms with Crippen LogP contribution in [-0.4, -0.2) is 77.5 Å². The van der Waals surface area contributed by atoms with Crippen molar-refractivity contribution < 1.29 is 4.79 Å². The predicted molar refractivity (Wildman–Crippen MR) is 107 cm³/mol. The van der Waals surface area contributed by atoms with Crippen LogP contribution in [-0.2, 0) is 4.79 Å². The van der Waals surface area contributed by atoms with E-state index in [0.29, 0.717) is 12.0 Å². The Labute approximate surface area is 169 Å². The average molecular weight is 394 g/mol. The van der Waals surface area contributed by atoms with Crippen LogP contribution in [0, 0.1) is 0 Å². The minimum absolute atomic E-state index is 0.205. The number of nitrogens with zero attached hydrogens (tertiary/aromatic N) is 8. The van der Waals surface area contributed by atoms with Crippen LogP contribution in [0.4, 0.5) is 0 Å². The molecule has 0 aliphatic carbocycles. The first-order valence-corrected chi connectivity index (χ1v) is 10.4. The molecule has 0 bridgehead atoms. The molecule has 1 atom stereocenters. The maximum atomic E-state index is 11.8. The Morgan fingerprint density at radius 1 is 1.14 bits per heavy atom. The van der Waals surface area contributed by atoms with Gasteiger partial charge in [-0.1, -0.05) is 0 Å². The van der Waals surface area contributed by atoms with Gasteiger partial charge in [0.15, 0.2) is 17.3 Å². The van der Waals surface area contributed by atoms with Gasteiger partial charge >= 0.3 is 0 Å². The van der Waals surface area contributed by atoms with Crippen molar-refractivity contribution in [2.24, 2.45) is 0 Å². The standard InChI is InChI=1S/C20H26N8O/c1-15(29)26-10-2-4-17(26)14-25-12-7-16(8-13-25)20-23-22-18-5-6-19(24-28(18)20)27-11-3-9-21-27/h3,5-6,9,11,16-17H,2,4,7-8,10,12-14H2,1H3. The van der Waals surface area contributed by atoms with Gasteiger partial charge in [0.25, 0.3) is 0 Å². The highest BCUT2D eigenvalue weighted by Crippen LogP contribution is 2.28. The van der Waals surface area contributed by atoms with Gasteiger partial charge in [-0.15, -0.1) is 15.3 Å². The number of carbonyl (C=O) groups is 1. The Bertz CT molecular complexity index is 989. The molecule has 2 aliphatic heterocycles. The highest BCUT2D eigenvalue weighted by atomic mass is 16.2. The summed E-state index contributed by atoms with van der Waals surface area (Å²) < 4.78 is 3.61. The summed E-state index contributed by atoms with van der Waals surface area (Å²) >= 11 is 0. The Morgan fingerprint density at radius 2 is 2.00 bits per heavy atom. The van der Waals surface area contributed by atoms with E-state index in [4.69, 9.17) is 5.10 Å². The molecule has 0 radical (unpaired) electrons. The minimum Gasteiger partial charge on any atom is -0.339 e. The number of aromatic nitrogens is 6. The van der Waals surface area contributed by atoms with Gasteiger partial charge in [-0.05, 0) is 57.0 Å². The fourth-order valence-corrected chi connectivity index (χ4v) is 4.69. The number of amides is 1. The van der Waals surface area contributed by atoms with Gasteiger partial charge < -0.3 is 9.80 Å². The van der Waals surface area contributed by atoms with Crippen molar-refractivity contribution in [3.05, 3.63) is 36.4 Å². The second-order valence-electron chi connectivity index (χ2n) is 8.05. The molecule has 0 N–H and O–H groups in total. The van der Waals surface area contributed by atoms with E-state index in [2.05, 4.69) is 20.2 Å². The molecule has 0 aromatic carbocycles. The summed E-state index contributed by atoms with van der Waals surface area (Å²) in [6.45, 7) is 5.61. The summed E-state index contributed by atoms with van der Waals surface area (Å²) in [6.07, 6.45) is 7.92. The Morgan fingerprint density at radius 3 is 2.76 bits per heavy atom. The van der Waals surface area contributed by atoms with Crippen molar-refractivity contribution in [1.82, 2.24) is 39.4 Å². The summed E-state index contributed by atoms with van der Waals surface area (Å²) in [5.41, 5.74) is 0.765. The average Bonchev–Trinajstić information content (AvgIpc) is 3.48. The second-order valence-corrected chi connectivity index (χ2v) is 8.05. The van der Waals surface area contributed by atoms with Crippen LogP contribution < -0.4 is 0 Å². The molecule has 1 unspecified atom stereocenters. The van der Waals surface area contributed by atoms with Crippen molar-refractivity contribution in [3.8, 4) is 5.82 Å². The Balaban J connectivity index is 1.28. The quantitative estimate of drug-likeness (QED) is 0.667. The molecule has 2 aliphatic rings. The monoisotopic (exact) mass is 394 g/mol. The second kappa shape index (κ2) is 7.55. The number of hydrogen-bond acceptors (Lipinski definition) is 6. The minimum atomic E-state index is 0.205. The molecule has 152 valence electrons. The third-order valence-corrected chi connectivity index (χ3v) is 6.22. The summed E-state index contributed by atoms with van der Waals surface area (Å²) in [5, 5.41) is 17.7. The smallest absolute Gasteiger partial charge is 0.219 e. The third-order valence-electron chi connectivity index (χ3n) is 6.22. The van der Waals surface area contributed by atoms with Crippen LogP contribution in [0.25, 0.3) is 11.5 Å². The molecular formula is C20H26N8O. The maximum absolute atomic E-state index is 11.8. The van der Waals surface area contributed by atoms with Gasteiger partial charge in [0, 0.05) is 44.4 Å². The zero-order chi connectivity index (χ0) is 19.8. The van der Waals surface area contributed by atoms with E-state index < -0.39 is 0 Å². The lowest BCUT2D eigenvalue weighted by molar-refractivity contribution is -0.130. The van der Waals surface area contributed by atoms with Crippen LogP contribution >= 0.6 is 0 Å². The van der Waals surface area contributed by atoms with Crippen molar-refractivity contribution in [2.75, 3.05) is 26.2 Å². The van der Waals surface area contributed by atoms with E-state index in [1.165, 1.54) is 0 Å². The first-order chi connectivity index (χ1) is 14.2. The predicted octanol–water partition coefficient (Wildman–Crippen LogP) is 1.50. The first-order valence-electron chi connectivity index (χ1n) is 10.4. The molecule has 5 heterocycles. The van der Waals surface area contributed by atoms with Crippen molar-refractivity contribution in [3.63, 3.8) is 0 Å².